The summed E-state index contributed by atoms with van der Waals surface area (Å²) in [4.78, 5) is 0. The average molecular weight is 459 g/mol. The van der Waals surface area contributed by atoms with Gasteiger partial charge in [0, 0.05) is 0 Å². The topological polar surface area (TPSA) is 0 Å². The van der Waals surface area contributed by atoms with E-state index in [0.717, 1.165) is 12.8 Å². The summed E-state index contributed by atoms with van der Waals surface area (Å²) in [6.45, 7) is 0. The summed E-state index contributed by atoms with van der Waals surface area (Å²) >= 11 is 0. The number of benzene rings is 7. The Morgan fingerprint density at radius 2 is 0.833 bits per heavy atom. The van der Waals surface area contributed by atoms with Crippen LogP contribution < -0.4 is 0 Å². The zero-order chi connectivity index (χ0) is 23.9. The molecule has 0 saturated heterocycles. The van der Waals surface area contributed by atoms with Gasteiger partial charge in [0.15, 0.2) is 0 Å². The van der Waals surface area contributed by atoms with E-state index in [1.165, 1.54) is 65.3 Å². The Hall–Kier alpha value is -4.42. The van der Waals surface area contributed by atoms with Gasteiger partial charge < -0.3 is 0 Å². The van der Waals surface area contributed by atoms with Crippen molar-refractivity contribution < 1.29 is 0 Å². The minimum Gasteiger partial charge on any atom is -0.0616 e. The van der Waals surface area contributed by atoms with Crippen LogP contribution in [-0.2, 0) is 12.8 Å². The molecule has 0 amide bonds. The van der Waals surface area contributed by atoms with E-state index in [9.17, 15) is 0 Å². The van der Waals surface area contributed by atoms with Crippen molar-refractivity contribution in [2.75, 3.05) is 0 Å². The Balaban J connectivity index is 1.46. The van der Waals surface area contributed by atoms with Crippen LogP contribution in [0.1, 0.15) is 22.3 Å². The Bertz CT molecular complexity index is 1880. The van der Waals surface area contributed by atoms with Gasteiger partial charge in [-0.05, 0) is 90.3 Å². The molecule has 170 valence electrons. The summed E-state index contributed by atoms with van der Waals surface area (Å²) in [6, 6.07) is 49.0. The molecule has 0 aromatic heterocycles. The molecule has 0 bridgehead atoms. The maximum Gasteiger partial charge on any atom is -0.00106 e. The number of fused-ring (bicyclic) bond motifs is 4. The van der Waals surface area contributed by atoms with Crippen molar-refractivity contribution in [3.8, 4) is 0 Å². The summed E-state index contributed by atoms with van der Waals surface area (Å²) in [5.74, 6) is 0. The first-order valence-corrected chi connectivity index (χ1v) is 12.7. The van der Waals surface area contributed by atoms with Gasteiger partial charge in [0.2, 0.25) is 0 Å². The van der Waals surface area contributed by atoms with Gasteiger partial charge in [-0.15, -0.1) is 0 Å². The van der Waals surface area contributed by atoms with Crippen LogP contribution in [-0.4, -0.2) is 0 Å². The van der Waals surface area contributed by atoms with Crippen LogP contribution in [0, 0.1) is 0 Å². The van der Waals surface area contributed by atoms with Crippen LogP contribution in [0.5, 0.6) is 0 Å². The van der Waals surface area contributed by atoms with E-state index in [2.05, 4.69) is 133 Å². The maximum absolute atomic E-state index is 2.40. The molecule has 0 fully saturated rings. The van der Waals surface area contributed by atoms with Crippen molar-refractivity contribution in [1.29, 1.82) is 0 Å². The Morgan fingerprint density at radius 3 is 1.50 bits per heavy atom. The third kappa shape index (κ3) is 3.63. The Kier molecular flexibility index (Phi) is 5.03. The largest absolute Gasteiger partial charge is 0.0616 e. The second-order valence-electron chi connectivity index (χ2n) is 9.75. The zero-order valence-corrected chi connectivity index (χ0v) is 20.1. The summed E-state index contributed by atoms with van der Waals surface area (Å²) in [5.41, 5.74) is 5.60. The fourth-order valence-electron chi connectivity index (χ4n) is 5.78. The number of hydrogen-bond donors (Lipinski definition) is 0. The van der Waals surface area contributed by atoms with Crippen molar-refractivity contribution in [1.82, 2.24) is 0 Å². The van der Waals surface area contributed by atoms with Gasteiger partial charge in [-0.1, -0.05) is 121 Å². The van der Waals surface area contributed by atoms with Gasteiger partial charge in [-0.3, -0.25) is 0 Å². The highest BCUT2D eigenvalue weighted by molar-refractivity contribution is 6.00. The van der Waals surface area contributed by atoms with E-state index in [4.69, 9.17) is 0 Å². The molecule has 7 aromatic rings. The predicted molar refractivity (Wildman–Crippen MR) is 155 cm³/mol. The average Bonchev–Trinajstić information content (AvgIpc) is 2.93. The Labute approximate surface area is 211 Å². The van der Waals surface area contributed by atoms with Gasteiger partial charge in [-0.25, -0.2) is 0 Å². The van der Waals surface area contributed by atoms with Crippen molar-refractivity contribution in [2.45, 2.75) is 12.8 Å². The van der Waals surface area contributed by atoms with E-state index in [1.807, 2.05) is 0 Å². The molecule has 0 N–H and O–H groups in total. The zero-order valence-electron chi connectivity index (χ0n) is 20.1. The molecule has 0 nitrogen and oxygen atoms in total. The molecular weight excluding hydrogens is 432 g/mol. The minimum atomic E-state index is 0.914. The van der Waals surface area contributed by atoms with Gasteiger partial charge in [0.25, 0.3) is 0 Å². The van der Waals surface area contributed by atoms with Crippen molar-refractivity contribution in [2.24, 2.45) is 0 Å². The van der Waals surface area contributed by atoms with E-state index in [1.54, 1.807) is 0 Å². The van der Waals surface area contributed by atoms with Crippen LogP contribution in [0.3, 0.4) is 0 Å². The third-order valence-electron chi connectivity index (χ3n) is 7.60. The lowest BCUT2D eigenvalue weighted by Gasteiger charge is -2.17. The molecule has 0 aliphatic carbocycles. The molecule has 0 atom stereocenters. The minimum absolute atomic E-state index is 0.914. The highest BCUT2D eigenvalue weighted by Crippen LogP contribution is 2.33. The summed E-state index contributed by atoms with van der Waals surface area (Å²) < 4.78 is 0. The van der Waals surface area contributed by atoms with Crippen LogP contribution in [0.25, 0.3) is 43.1 Å². The van der Waals surface area contributed by atoms with E-state index < -0.39 is 0 Å². The number of rotatable bonds is 4. The summed E-state index contributed by atoms with van der Waals surface area (Å²) in [5, 5.41) is 10.6. The molecule has 0 unspecified atom stereocenters. The first-order chi connectivity index (χ1) is 17.8. The molecule has 0 saturated carbocycles. The molecule has 0 spiro atoms. The molecule has 7 rings (SSSR count). The second kappa shape index (κ2) is 8.66. The highest BCUT2D eigenvalue weighted by atomic mass is 14.2. The molecule has 0 heterocycles. The lowest BCUT2D eigenvalue weighted by Crippen LogP contribution is -2.00. The van der Waals surface area contributed by atoms with Crippen LogP contribution in [0.15, 0.2) is 133 Å². The fourth-order valence-corrected chi connectivity index (χ4v) is 5.78. The van der Waals surface area contributed by atoms with E-state index >= 15 is 0 Å². The fraction of sp³-hybridized carbons (Fsp3) is 0.0556. The monoisotopic (exact) mass is 458 g/mol. The first-order valence-electron chi connectivity index (χ1n) is 12.7. The smallest absolute Gasteiger partial charge is 0.00106 e. The van der Waals surface area contributed by atoms with Crippen LogP contribution in [0.4, 0.5) is 0 Å². The quantitative estimate of drug-likeness (QED) is 0.230. The van der Waals surface area contributed by atoms with Crippen molar-refractivity contribution in [3.63, 3.8) is 0 Å². The second-order valence-corrected chi connectivity index (χ2v) is 9.75. The summed E-state index contributed by atoms with van der Waals surface area (Å²) in [6.07, 6.45) is 1.83. The van der Waals surface area contributed by atoms with E-state index in [0.29, 0.717) is 0 Å². The number of hydrogen-bond acceptors (Lipinski definition) is 0. The van der Waals surface area contributed by atoms with Crippen molar-refractivity contribution >= 4 is 43.1 Å². The molecule has 0 aliphatic rings. The normalized spacial score (nSPS) is 11.6. The van der Waals surface area contributed by atoms with Crippen LogP contribution in [0.2, 0.25) is 0 Å². The molecule has 0 radical (unpaired) electrons. The van der Waals surface area contributed by atoms with Crippen LogP contribution >= 0.6 is 0 Å². The lowest BCUT2D eigenvalue weighted by molar-refractivity contribution is 1.12. The Morgan fingerprint density at radius 1 is 0.306 bits per heavy atom. The molecule has 36 heavy (non-hydrogen) atoms. The molecule has 7 aromatic carbocycles. The first kappa shape index (κ1) is 20.9. The molecular formula is C36H26. The maximum atomic E-state index is 2.40. The van der Waals surface area contributed by atoms with Gasteiger partial charge in [0.1, 0.15) is 0 Å². The third-order valence-corrected chi connectivity index (χ3v) is 7.60. The standard InChI is InChI=1S/C36H26/c1-2-12-28-23-35-31(21-27(28)11-1)19-20-32(22-29-15-7-13-25-9-3-5-17-33(25)29)36(35)24-30-16-8-14-26-10-4-6-18-34(26)30/h1-21,23H,22,24H2. The van der Waals surface area contributed by atoms with Gasteiger partial charge in [0.05, 0.1) is 0 Å². The lowest BCUT2D eigenvalue weighted by atomic mass is 9.87. The molecule has 0 heteroatoms. The van der Waals surface area contributed by atoms with E-state index in [-0.39, 0.29) is 0 Å². The summed E-state index contributed by atoms with van der Waals surface area (Å²) in [7, 11) is 0. The van der Waals surface area contributed by atoms with Gasteiger partial charge >= 0.3 is 0 Å². The SMILES string of the molecule is c1ccc2cc3c(Cc4cccc5ccccc45)c(Cc4cccc5ccccc45)ccc3cc2c1. The molecule has 0 aliphatic heterocycles. The highest BCUT2D eigenvalue weighted by Gasteiger charge is 2.13. The van der Waals surface area contributed by atoms with Gasteiger partial charge in [-0.2, -0.15) is 0 Å². The van der Waals surface area contributed by atoms with Crippen molar-refractivity contribution in [3.05, 3.63) is 156 Å². The predicted octanol–water partition coefficient (Wildman–Crippen LogP) is 9.48.